The molecular formula is C10H16N4O. The SMILES string of the molecule is Cn1nccc1NC(=O)[C@@H]1CCCCN1. The van der Waals surface area contributed by atoms with E-state index in [9.17, 15) is 4.79 Å². The fraction of sp³-hybridized carbons (Fsp3) is 0.600. The summed E-state index contributed by atoms with van der Waals surface area (Å²) in [6.45, 7) is 0.934. The Hall–Kier alpha value is -1.36. The third kappa shape index (κ3) is 2.36. The highest BCUT2D eigenvalue weighted by atomic mass is 16.2. The molecule has 0 aliphatic carbocycles. The van der Waals surface area contributed by atoms with Gasteiger partial charge in [0.25, 0.3) is 0 Å². The first-order valence-corrected chi connectivity index (χ1v) is 5.29. The zero-order valence-electron chi connectivity index (χ0n) is 8.86. The smallest absolute Gasteiger partial charge is 0.242 e. The van der Waals surface area contributed by atoms with Gasteiger partial charge in [0.15, 0.2) is 0 Å². The topological polar surface area (TPSA) is 59.0 Å². The van der Waals surface area contributed by atoms with E-state index in [0.29, 0.717) is 0 Å². The fourth-order valence-electron chi connectivity index (χ4n) is 1.79. The molecule has 0 unspecified atom stereocenters. The average Bonchev–Trinajstić information content (AvgIpc) is 2.66. The van der Waals surface area contributed by atoms with Crippen LogP contribution in [0.2, 0.25) is 0 Å². The summed E-state index contributed by atoms with van der Waals surface area (Å²) in [5.74, 6) is 0.783. The zero-order valence-corrected chi connectivity index (χ0v) is 8.86. The van der Waals surface area contributed by atoms with Crippen LogP contribution in [0.1, 0.15) is 19.3 Å². The van der Waals surface area contributed by atoms with Crippen molar-refractivity contribution in [3.63, 3.8) is 0 Å². The van der Waals surface area contributed by atoms with Crippen molar-refractivity contribution < 1.29 is 4.79 Å². The van der Waals surface area contributed by atoms with Gasteiger partial charge in [-0.1, -0.05) is 6.42 Å². The summed E-state index contributed by atoms with van der Waals surface area (Å²) in [5, 5.41) is 10.1. The number of nitrogens with zero attached hydrogens (tertiary/aromatic N) is 2. The number of nitrogens with one attached hydrogen (secondary N) is 2. The summed E-state index contributed by atoms with van der Waals surface area (Å²) in [4.78, 5) is 11.8. The Balaban J connectivity index is 1.94. The monoisotopic (exact) mass is 208 g/mol. The van der Waals surface area contributed by atoms with Crippen LogP contribution < -0.4 is 10.6 Å². The molecule has 0 aromatic carbocycles. The minimum absolute atomic E-state index is 0.0401. The van der Waals surface area contributed by atoms with E-state index in [-0.39, 0.29) is 11.9 Å². The van der Waals surface area contributed by atoms with Gasteiger partial charge in [-0.15, -0.1) is 0 Å². The highest BCUT2D eigenvalue weighted by Gasteiger charge is 2.20. The molecule has 0 bridgehead atoms. The highest BCUT2D eigenvalue weighted by Crippen LogP contribution is 2.10. The number of rotatable bonds is 2. The number of hydrogen-bond donors (Lipinski definition) is 2. The van der Waals surface area contributed by atoms with Crippen LogP contribution in [0.15, 0.2) is 12.3 Å². The molecule has 2 N–H and O–H groups in total. The zero-order chi connectivity index (χ0) is 10.7. The number of hydrogen-bond acceptors (Lipinski definition) is 3. The maximum absolute atomic E-state index is 11.8. The van der Waals surface area contributed by atoms with Crippen molar-refractivity contribution in [1.82, 2.24) is 15.1 Å². The van der Waals surface area contributed by atoms with Gasteiger partial charge >= 0.3 is 0 Å². The average molecular weight is 208 g/mol. The standard InChI is InChI=1S/C10H16N4O/c1-14-9(5-7-12-14)13-10(15)8-4-2-3-6-11-8/h5,7-8,11H,2-4,6H2,1H3,(H,13,15)/t8-/m0/s1. The first-order chi connectivity index (χ1) is 7.27. The first kappa shape index (κ1) is 10.2. The van der Waals surface area contributed by atoms with E-state index in [2.05, 4.69) is 15.7 Å². The number of piperidine rings is 1. The van der Waals surface area contributed by atoms with E-state index in [1.165, 1.54) is 0 Å². The Morgan fingerprint density at radius 1 is 1.67 bits per heavy atom. The second-order valence-corrected chi connectivity index (χ2v) is 3.83. The lowest BCUT2D eigenvalue weighted by Crippen LogP contribution is -2.43. The number of amides is 1. The van der Waals surface area contributed by atoms with Crippen molar-refractivity contribution >= 4 is 11.7 Å². The van der Waals surface area contributed by atoms with Gasteiger partial charge < -0.3 is 10.6 Å². The van der Waals surface area contributed by atoms with E-state index in [1.54, 1.807) is 16.9 Å². The minimum Gasteiger partial charge on any atom is -0.310 e. The molecule has 1 aromatic heterocycles. The lowest BCUT2D eigenvalue weighted by atomic mass is 10.0. The summed E-state index contributed by atoms with van der Waals surface area (Å²) in [6, 6.07) is 1.74. The van der Waals surface area contributed by atoms with Crippen molar-refractivity contribution in [2.45, 2.75) is 25.3 Å². The number of carbonyl (C=O) groups excluding carboxylic acids is 1. The molecule has 1 amide bonds. The molecule has 2 rings (SSSR count). The Morgan fingerprint density at radius 3 is 3.13 bits per heavy atom. The number of aromatic nitrogens is 2. The second-order valence-electron chi connectivity index (χ2n) is 3.83. The molecule has 1 fully saturated rings. The van der Waals surface area contributed by atoms with Gasteiger partial charge in [0, 0.05) is 13.1 Å². The summed E-state index contributed by atoms with van der Waals surface area (Å²) in [7, 11) is 1.81. The molecule has 15 heavy (non-hydrogen) atoms. The molecule has 0 radical (unpaired) electrons. The molecule has 1 atom stereocenters. The fourth-order valence-corrected chi connectivity index (χ4v) is 1.79. The molecule has 1 aliphatic heterocycles. The van der Waals surface area contributed by atoms with Crippen LogP contribution in [0.25, 0.3) is 0 Å². The third-order valence-corrected chi connectivity index (χ3v) is 2.70. The first-order valence-electron chi connectivity index (χ1n) is 5.29. The highest BCUT2D eigenvalue weighted by molar-refractivity contribution is 5.94. The maximum atomic E-state index is 11.8. The Labute approximate surface area is 88.8 Å². The second kappa shape index (κ2) is 4.44. The molecule has 5 nitrogen and oxygen atoms in total. The summed E-state index contributed by atoms with van der Waals surface area (Å²) >= 11 is 0. The lowest BCUT2D eigenvalue weighted by Gasteiger charge is -2.22. The van der Waals surface area contributed by atoms with Crippen molar-refractivity contribution in [1.29, 1.82) is 0 Å². The maximum Gasteiger partial charge on any atom is 0.242 e. The van der Waals surface area contributed by atoms with Gasteiger partial charge in [-0.05, 0) is 19.4 Å². The number of anilines is 1. The van der Waals surface area contributed by atoms with E-state index in [1.807, 2.05) is 7.05 Å². The normalized spacial score (nSPS) is 21.3. The molecule has 1 saturated heterocycles. The van der Waals surface area contributed by atoms with Gasteiger partial charge in [-0.2, -0.15) is 5.10 Å². The summed E-state index contributed by atoms with van der Waals surface area (Å²) in [6.07, 6.45) is 4.87. The molecule has 1 aromatic rings. The summed E-state index contributed by atoms with van der Waals surface area (Å²) in [5.41, 5.74) is 0. The Kier molecular flexibility index (Phi) is 3.01. The van der Waals surface area contributed by atoms with Crippen LogP contribution in [0.3, 0.4) is 0 Å². The van der Waals surface area contributed by atoms with E-state index >= 15 is 0 Å². The largest absolute Gasteiger partial charge is 0.310 e. The molecule has 0 spiro atoms. The summed E-state index contributed by atoms with van der Waals surface area (Å²) < 4.78 is 1.65. The van der Waals surface area contributed by atoms with Crippen molar-refractivity contribution in [3.05, 3.63) is 12.3 Å². The van der Waals surface area contributed by atoms with Gasteiger partial charge in [-0.25, -0.2) is 0 Å². The van der Waals surface area contributed by atoms with Crippen molar-refractivity contribution in [2.75, 3.05) is 11.9 Å². The molecule has 82 valence electrons. The lowest BCUT2D eigenvalue weighted by molar-refractivity contribution is -0.118. The van der Waals surface area contributed by atoms with Crippen molar-refractivity contribution in [3.8, 4) is 0 Å². The Morgan fingerprint density at radius 2 is 2.53 bits per heavy atom. The van der Waals surface area contributed by atoms with E-state index < -0.39 is 0 Å². The number of carbonyl (C=O) groups is 1. The minimum atomic E-state index is -0.0475. The van der Waals surface area contributed by atoms with Crippen molar-refractivity contribution in [2.24, 2.45) is 7.05 Å². The van der Waals surface area contributed by atoms with Crippen LogP contribution in [0.4, 0.5) is 5.82 Å². The molecular weight excluding hydrogens is 192 g/mol. The van der Waals surface area contributed by atoms with Crippen LogP contribution >= 0.6 is 0 Å². The molecule has 1 aliphatic rings. The van der Waals surface area contributed by atoms with Crippen LogP contribution in [-0.4, -0.2) is 28.3 Å². The number of aryl methyl sites for hydroxylation is 1. The van der Waals surface area contributed by atoms with E-state index in [0.717, 1.165) is 31.6 Å². The predicted octanol–water partition coefficient (Wildman–Crippen LogP) is 0.501. The van der Waals surface area contributed by atoms with Gasteiger partial charge in [0.1, 0.15) is 5.82 Å². The van der Waals surface area contributed by atoms with Gasteiger partial charge in [0.05, 0.1) is 12.2 Å². The molecule has 0 saturated carbocycles. The van der Waals surface area contributed by atoms with E-state index in [4.69, 9.17) is 0 Å². The van der Waals surface area contributed by atoms with Gasteiger partial charge in [-0.3, -0.25) is 9.48 Å². The molecule has 2 heterocycles. The van der Waals surface area contributed by atoms with Crippen LogP contribution in [0.5, 0.6) is 0 Å². The quantitative estimate of drug-likeness (QED) is 0.744. The van der Waals surface area contributed by atoms with Crippen LogP contribution in [-0.2, 0) is 11.8 Å². The third-order valence-electron chi connectivity index (χ3n) is 2.70. The predicted molar refractivity (Wildman–Crippen MR) is 57.5 cm³/mol. The Bertz CT molecular complexity index is 341. The van der Waals surface area contributed by atoms with Gasteiger partial charge in [0.2, 0.25) is 5.91 Å². The molecule has 5 heteroatoms. The van der Waals surface area contributed by atoms with Crippen LogP contribution in [0, 0.1) is 0 Å².